The summed E-state index contributed by atoms with van der Waals surface area (Å²) in [5, 5.41) is 0. The summed E-state index contributed by atoms with van der Waals surface area (Å²) in [5.41, 5.74) is 5.62. The van der Waals surface area contributed by atoms with Crippen molar-refractivity contribution in [3.8, 4) is 0 Å². The molecule has 0 aliphatic heterocycles. The molecule has 0 atom stereocenters. The van der Waals surface area contributed by atoms with Crippen molar-refractivity contribution in [3.05, 3.63) is 70.8 Å². The van der Waals surface area contributed by atoms with E-state index in [1.165, 1.54) is 22.3 Å². The van der Waals surface area contributed by atoms with E-state index in [9.17, 15) is 0 Å². The molecule has 2 aromatic rings. The van der Waals surface area contributed by atoms with Crippen molar-refractivity contribution in [2.45, 2.75) is 25.4 Å². The third kappa shape index (κ3) is 3.64. The molecule has 0 heterocycles. The molecule has 0 N–H and O–H groups in total. The first-order valence-electron chi connectivity index (χ1n) is 5.93. The number of aryl methyl sites for hydroxylation is 2. The van der Waals surface area contributed by atoms with Crippen LogP contribution >= 0.6 is 11.8 Å². The lowest BCUT2D eigenvalue weighted by atomic mass is 10.1. The van der Waals surface area contributed by atoms with E-state index >= 15 is 0 Å². The van der Waals surface area contributed by atoms with Gasteiger partial charge in [0, 0.05) is 11.5 Å². The summed E-state index contributed by atoms with van der Waals surface area (Å²) < 4.78 is 0. The number of benzene rings is 2. The zero-order valence-corrected chi connectivity index (χ0v) is 11.3. The largest absolute Gasteiger partial charge is 0.152 e. The van der Waals surface area contributed by atoms with Crippen LogP contribution < -0.4 is 0 Å². The van der Waals surface area contributed by atoms with Gasteiger partial charge in [-0.1, -0.05) is 54.1 Å². The van der Waals surface area contributed by atoms with E-state index in [0.717, 1.165) is 11.5 Å². The quantitative estimate of drug-likeness (QED) is 0.746. The number of rotatable bonds is 4. The molecule has 0 spiro atoms. The van der Waals surface area contributed by atoms with E-state index in [4.69, 9.17) is 0 Å². The molecule has 0 radical (unpaired) electrons. The van der Waals surface area contributed by atoms with E-state index in [1.807, 2.05) is 11.8 Å². The Morgan fingerprint density at radius 1 is 0.882 bits per heavy atom. The summed E-state index contributed by atoms with van der Waals surface area (Å²) >= 11 is 1.98. The van der Waals surface area contributed by atoms with E-state index in [0.29, 0.717) is 0 Å². The van der Waals surface area contributed by atoms with E-state index < -0.39 is 0 Å². The lowest BCUT2D eigenvalue weighted by Crippen LogP contribution is -1.88. The minimum Gasteiger partial charge on any atom is -0.152 e. The fourth-order valence-electron chi connectivity index (χ4n) is 1.81. The molecular formula is C16H18S. The van der Waals surface area contributed by atoms with Crippen molar-refractivity contribution in [3.63, 3.8) is 0 Å². The minimum absolute atomic E-state index is 1.09. The first-order valence-corrected chi connectivity index (χ1v) is 7.09. The highest BCUT2D eigenvalue weighted by Crippen LogP contribution is 2.20. The minimum atomic E-state index is 1.09. The Morgan fingerprint density at radius 2 is 1.65 bits per heavy atom. The van der Waals surface area contributed by atoms with E-state index in [2.05, 4.69) is 62.4 Å². The first kappa shape index (κ1) is 12.3. The van der Waals surface area contributed by atoms with Crippen LogP contribution in [-0.4, -0.2) is 0 Å². The molecule has 88 valence electrons. The van der Waals surface area contributed by atoms with E-state index in [1.54, 1.807) is 0 Å². The lowest BCUT2D eigenvalue weighted by molar-refractivity contribution is 1.27. The van der Waals surface area contributed by atoms with Crippen LogP contribution in [0.4, 0.5) is 0 Å². The van der Waals surface area contributed by atoms with Crippen LogP contribution in [0.25, 0.3) is 0 Å². The van der Waals surface area contributed by atoms with Gasteiger partial charge in [-0.15, -0.1) is 0 Å². The molecule has 0 saturated heterocycles. The Bertz CT molecular complexity index is 474. The van der Waals surface area contributed by atoms with Crippen LogP contribution in [0.15, 0.2) is 48.5 Å². The molecule has 0 nitrogen and oxygen atoms in total. The highest BCUT2D eigenvalue weighted by molar-refractivity contribution is 7.97. The zero-order chi connectivity index (χ0) is 12.1. The maximum atomic E-state index is 2.30. The molecule has 2 rings (SSSR count). The molecule has 0 aliphatic carbocycles. The van der Waals surface area contributed by atoms with Crippen molar-refractivity contribution in [1.82, 2.24) is 0 Å². The number of hydrogen-bond acceptors (Lipinski definition) is 1. The lowest BCUT2D eigenvalue weighted by Gasteiger charge is -2.07. The van der Waals surface area contributed by atoms with Crippen molar-refractivity contribution in [2.24, 2.45) is 0 Å². The summed E-state index contributed by atoms with van der Waals surface area (Å²) in [7, 11) is 0. The summed E-state index contributed by atoms with van der Waals surface area (Å²) in [6.45, 7) is 4.35. The Hall–Kier alpha value is -1.21. The number of hydrogen-bond donors (Lipinski definition) is 0. The monoisotopic (exact) mass is 242 g/mol. The second-order valence-corrected chi connectivity index (χ2v) is 5.39. The topological polar surface area (TPSA) is 0 Å². The van der Waals surface area contributed by atoms with Gasteiger partial charge in [-0.25, -0.2) is 0 Å². The predicted molar refractivity (Wildman–Crippen MR) is 77.4 cm³/mol. The normalized spacial score (nSPS) is 10.5. The van der Waals surface area contributed by atoms with Gasteiger partial charge >= 0.3 is 0 Å². The summed E-state index contributed by atoms with van der Waals surface area (Å²) in [5.74, 6) is 2.19. The molecular weight excluding hydrogens is 224 g/mol. The van der Waals surface area contributed by atoms with Gasteiger partial charge in [-0.2, -0.15) is 11.8 Å². The second kappa shape index (κ2) is 5.92. The smallest absolute Gasteiger partial charge is 0.0190 e. The van der Waals surface area contributed by atoms with Crippen LogP contribution in [0.1, 0.15) is 22.3 Å². The van der Waals surface area contributed by atoms with Crippen LogP contribution in [0.2, 0.25) is 0 Å². The van der Waals surface area contributed by atoms with Crippen molar-refractivity contribution >= 4 is 11.8 Å². The van der Waals surface area contributed by atoms with Crippen LogP contribution in [0.5, 0.6) is 0 Å². The molecule has 17 heavy (non-hydrogen) atoms. The highest BCUT2D eigenvalue weighted by atomic mass is 32.2. The SMILES string of the molecule is Cc1ccc(C)c(CSCc2ccccc2)c1. The van der Waals surface area contributed by atoms with Gasteiger partial charge in [0.2, 0.25) is 0 Å². The van der Waals surface area contributed by atoms with Gasteiger partial charge in [-0.05, 0) is 30.5 Å². The molecule has 0 fully saturated rings. The standard InChI is InChI=1S/C16H18S/c1-13-8-9-14(2)16(10-13)12-17-11-15-6-4-3-5-7-15/h3-10H,11-12H2,1-2H3. The van der Waals surface area contributed by atoms with Crippen molar-refractivity contribution in [1.29, 1.82) is 0 Å². The van der Waals surface area contributed by atoms with Crippen molar-refractivity contribution in [2.75, 3.05) is 0 Å². The van der Waals surface area contributed by atoms with Crippen molar-refractivity contribution < 1.29 is 0 Å². The molecule has 0 saturated carbocycles. The summed E-state index contributed by atoms with van der Waals surface area (Å²) in [4.78, 5) is 0. The van der Waals surface area contributed by atoms with Gasteiger partial charge in [0.1, 0.15) is 0 Å². The predicted octanol–water partition coefficient (Wildman–Crippen LogP) is 4.74. The fraction of sp³-hybridized carbons (Fsp3) is 0.250. The molecule has 2 aromatic carbocycles. The van der Waals surface area contributed by atoms with Gasteiger partial charge in [0.05, 0.1) is 0 Å². The molecule has 0 unspecified atom stereocenters. The first-order chi connectivity index (χ1) is 8.25. The average molecular weight is 242 g/mol. The summed E-state index contributed by atoms with van der Waals surface area (Å²) in [6, 6.07) is 17.4. The number of thioether (sulfide) groups is 1. The highest BCUT2D eigenvalue weighted by Gasteiger charge is 1.99. The third-order valence-corrected chi connectivity index (χ3v) is 3.93. The van der Waals surface area contributed by atoms with Crippen LogP contribution in [0.3, 0.4) is 0 Å². The third-order valence-electron chi connectivity index (χ3n) is 2.87. The van der Waals surface area contributed by atoms with E-state index in [-0.39, 0.29) is 0 Å². The molecule has 0 bridgehead atoms. The zero-order valence-electron chi connectivity index (χ0n) is 10.4. The van der Waals surface area contributed by atoms with Gasteiger partial charge in [0.15, 0.2) is 0 Å². The summed E-state index contributed by atoms with van der Waals surface area (Å²) in [6.07, 6.45) is 0. The average Bonchev–Trinajstić information content (AvgIpc) is 2.35. The van der Waals surface area contributed by atoms with Crippen LogP contribution in [0, 0.1) is 13.8 Å². The molecule has 1 heteroatoms. The molecule has 0 aromatic heterocycles. The second-order valence-electron chi connectivity index (χ2n) is 4.41. The Labute approximate surface area is 108 Å². The molecule has 0 aliphatic rings. The maximum absolute atomic E-state index is 2.30. The van der Waals surface area contributed by atoms with Gasteiger partial charge < -0.3 is 0 Å². The molecule has 0 amide bonds. The van der Waals surface area contributed by atoms with Gasteiger partial charge in [0.25, 0.3) is 0 Å². The maximum Gasteiger partial charge on any atom is 0.0190 e. The Balaban J connectivity index is 1.92. The Morgan fingerprint density at radius 3 is 2.41 bits per heavy atom. The fourth-order valence-corrected chi connectivity index (χ4v) is 2.87. The van der Waals surface area contributed by atoms with Gasteiger partial charge in [-0.3, -0.25) is 0 Å². The Kier molecular flexibility index (Phi) is 4.27. The van der Waals surface area contributed by atoms with Crippen LogP contribution in [-0.2, 0) is 11.5 Å².